The lowest BCUT2D eigenvalue weighted by Gasteiger charge is -2.20. The van der Waals surface area contributed by atoms with Crippen LogP contribution in [0.3, 0.4) is 0 Å². The van der Waals surface area contributed by atoms with Gasteiger partial charge in [0.15, 0.2) is 5.84 Å². The van der Waals surface area contributed by atoms with Gasteiger partial charge >= 0.3 is 0 Å². The summed E-state index contributed by atoms with van der Waals surface area (Å²) in [5.74, 6) is -0.451. The first kappa shape index (κ1) is 20.0. The number of amidine groups is 2. The molecule has 1 N–H and O–H groups in total. The number of aliphatic imine (C=N–C) groups is 1. The minimum absolute atomic E-state index is 0.0345. The lowest BCUT2D eigenvalue weighted by atomic mass is 10.1. The zero-order chi connectivity index (χ0) is 21.6. The van der Waals surface area contributed by atoms with Crippen molar-refractivity contribution < 1.29 is 9.72 Å². The Hall–Kier alpha value is -3.24. The highest BCUT2D eigenvalue weighted by Crippen LogP contribution is 2.32. The van der Waals surface area contributed by atoms with Crippen LogP contribution in [0, 0.1) is 21.4 Å². The van der Waals surface area contributed by atoms with Crippen LogP contribution in [0.2, 0.25) is 5.02 Å². The van der Waals surface area contributed by atoms with Gasteiger partial charge in [0.25, 0.3) is 11.6 Å². The highest BCUT2D eigenvalue weighted by molar-refractivity contribution is 8.27. The van der Waals surface area contributed by atoms with Crippen LogP contribution in [0.25, 0.3) is 11.8 Å². The summed E-state index contributed by atoms with van der Waals surface area (Å²) in [6.07, 6.45) is 3.23. The highest BCUT2D eigenvalue weighted by atomic mass is 35.5. The molecule has 30 heavy (non-hydrogen) atoms. The van der Waals surface area contributed by atoms with Crippen molar-refractivity contribution in [3.8, 4) is 5.69 Å². The summed E-state index contributed by atoms with van der Waals surface area (Å²) in [7, 11) is 0. The number of fused-ring (bicyclic) bond motifs is 1. The average molecular weight is 443 g/mol. The molecule has 0 saturated heterocycles. The van der Waals surface area contributed by atoms with Crippen molar-refractivity contribution in [3.63, 3.8) is 0 Å². The molecule has 0 bridgehead atoms. The number of thioether (sulfide) groups is 1. The average Bonchev–Trinajstić information content (AvgIpc) is 3.32. The Kier molecular flexibility index (Phi) is 5.04. The molecule has 152 valence electrons. The van der Waals surface area contributed by atoms with Gasteiger partial charge in [0.2, 0.25) is 5.17 Å². The van der Waals surface area contributed by atoms with Crippen LogP contribution in [0.4, 0.5) is 5.69 Å². The molecule has 1 amide bonds. The third-order valence-electron chi connectivity index (χ3n) is 4.44. The van der Waals surface area contributed by atoms with Crippen molar-refractivity contribution in [3.05, 3.63) is 62.9 Å². The lowest BCUT2D eigenvalue weighted by Crippen LogP contribution is -2.35. The molecule has 4 rings (SSSR count). The molecule has 0 unspecified atom stereocenters. The molecule has 1 aromatic heterocycles. The molecule has 2 aromatic rings. The molecular weight excluding hydrogens is 428 g/mol. The first-order valence-electron chi connectivity index (χ1n) is 8.88. The Bertz CT molecular complexity index is 1200. The summed E-state index contributed by atoms with van der Waals surface area (Å²) in [6, 6.07) is 7.90. The number of nitrogens with zero attached hydrogens (tertiary/aromatic N) is 5. The van der Waals surface area contributed by atoms with E-state index in [9.17, 15) is 14.9 Å². The maximum atomic E-state index is 12.6. The number of carbonyl (C=O) groups excluding carboxylic acids is 1. The molecular formula is C19H15ClN6O3S. The van der Waals surface area contributed by atoms with Gasteiger partial charge in [-0.3, -0.25) is 20.3 Å². The summed E-state index contributed by atoms with van der Waals surface area (Å²) < 4.78 is 1.66. The van der Waals surface area contributed by atoms with E-state index in [-0.39, 0.29) is 28.0 Å². The third kappa shape index (κ3) is 3.44. The lowest BCUT2D eigenvalue weighted by molar-refractivity contribution is -0.384. The predicted octanol–water partition coefficient (Wildman–Crippen LogP) is 4.31. The fourth-order valence-corrected chi connectivity index (χ4v) is 4.00. The van der Waals surface area contributed by atoms with Gasteiger partial charge in [-0.1, -0.05) is 25.4 Å². The molecule has 0 aliphatic carbocycles. The Morgan fingerprint density at radius 3 is 2.80 bits per heavy atom. The number of hydrogen-bond acceptors (Lipinski definition) is 6. The minimum atomic E-state index is -0.556. The predicted molar refractivity (Wildman–Crippen MR) is 117 cm³/mol. The van der Waals surface area contributed by atoms with Crippen molar-refractivity contribution in [1.82, 2.24) is 9.58 Å². The van der Waals surface area contributed by atoms with Gasteiger partial charge < -0.3 is 4.57 Å². The van der Waals surface area contributed by atoms with E-state index in [1.54, 1.807) is 29.0 Å². The Labute approximate surface area is 180 Å². The van der Waals surface area contributed by atoms with Crippen molar-refractivity contribution in [2.24, 2.45) is 16.0 Å². The fourth-order valence-electron chi connectivity index (χ4n) is 2.93. The Morgan fingerprint density at radius 2 is 2.10 bits per heavy atom. The van der Waals surface area contributed by atoms with Crippen LogP contribution in [0.15, 0.2) is 52.2 Å². The molecule has 2 aliphatic rings. The summed E-state index contributed by atoms with van der Waals surface area (Å²) in [6.45, 7) is 3.95. The second-order valence-electron chi connectivity index (χ2n) is 6.81. The van der Waals surface area contributed by atoms with Crippen LogP contribution >= 0.6 is 23.4 Å². The van der Waals surface area contributed by atoms with Gasteiger partial charge in [-0.2, -0.15) is 15.1 Å². The van der Waals surface area contributed by atoms with Crippen molar-refractivity contribution in [2.75, 3.05) is 0 Å². The van der Waals surface area contributed by atoms with Crippen LogP contribution in [0.1, 0.15) is 19.5 Å². The van der Waals surface area contributed by atoms with Gasteiger partial charge in [0, 0.05) is 23.9 Å². The number of nitro groups is 1. The molecule has 0 spiro atoms. The van der Waals surface area contributed by atoms with E-state index in [4.69, 9.17) is 17.0 Å². The SMILES string of the molecule is CC(C)C1=NN2C(=N)/C(=C/c3cccn3-c3ccc(Cl)c([N+](=O)[O-])c3)C(=O)N=C2S1. The number of hydrazone groups is 1. The molecule has 0 fully saturated rings. The number of benzene rings is 1. The van der Waals surface area contributed by atoms with Crippen LogP contribution < -0.4 is 0 Å². The number of carbonyl (C=O) groups is 1. The molecule has 0 saturated carbocycles. The number of hydrogen-bond donors (Lipinski definition) is 1. The zero-order valence-corrected chi connectivity index (χ0v) is 17.4. The summed E-state index contributed by atoms with van der Waals surface area (Å²) >= 11 is 7.18. The van der Waals surface area contributed by atoms with Crippen molar-refractivity contribution in [1.29, 1.82) is 5.41 Å². The maximum Gasteiger partial charge on any atom is 0.289 e. The van der Waals surface area contributed by atoms with Crippen LogP contribution in [0.5, 0.6) is 0 Å². The summed E-state index contributed by atoms with van der Waals surface area (Å²) in [5.41, 5.74) is 0.912. The minimum Gasteiger partial charge on any atom is -0.317 e. The number of nitrogens with one attached hydrogen (secondary N) is 1. The van der Waals surface area contributed by atoms with Crippen LogP contribution in [-0.4, -0.2) is 36.5 Å². The van der Waals surface area contributed by atoms with Gasteiger partial charge in [-0.25, -0.2) is 0 Å². The molecule has 0 radical (unpaired) electrons. The number of halogens is 1. The quantitative estimate of drug-likeness (QED) is 0.430. The molecule has 1 aromatic carbocycles. The topological polar surface area (TPSA) is 117 Å². The number of nitro benzene ring substituents is 1. The smallest absolute Gasteiger partial charge is 0.289 e. The Balaban J connectivity index is 1.74. The standard InChI is InChI=1S/C19H15ClN6O3S/c1-10(2)18-23-25-16(21)13(17(27)22-19(25)30-18)8-11-4-3-7-24(11)12-5-6-14(20)15(9-12)26(28)29/h3-10,21H,1-2H3/b13-8-,21-16?. The summed E-state index contributed by atoms with van der Waals surface area (Å²) in [4.78, 5) is 27.3. The molecule has 9 nitrogen and oxygen atoms in total. The van der Waals surface area contributed by atoms with Gasteiger partial charge in [0.1, 0.15) is 10.1 Å². The van der Waals surface area contributed by atoms with E-state index in [0.717, 1.165) is 5.04 Å². The third-order valence-corrected chi connectivity index (χ3v) is 5.97. The number of aromatic nitrogens is 1. The normalized spacial score (nSPS) is 17.5. The van der Waals surface area contributed by atoms with E-state index in [1.165, 1.54) is 35.0 Å². The second kappa shape index (κ2) is 7.54. The van der Waals surface area contributed by atoms with E-state index < -0.39 is 10.8 Å². The van der Waals surface area contributed by atoms with Gasteiger partial charge in [0.05, 0.1) is 16.2 Å². The highest BCUT2D eigenvalue weighted by Gasteiger charge is 2.36. The Morgan fingerprint density at radius 1 is 1.33 bits per heavy atom. The number of amides is 1. The monoisotopic (exact) mass is 442 g/mol. The van der Waals surface area contributed by atoms with Crippen molar-refractivity contribution >= 4 is 57.1 Å². The van der Waals surface area contributed by atoms with E-state index >= 15 is 0 Å². The zero-order valence-electron chi connectivity index (χ0n) is 15.9. The van der Waals surface area contributed by atoms with Gasteiger partial charge in [-0.05, 0) is 42.1 Å². The molecule has 11 heteroatoms. The van der Waals surface area contributed by atoms with E-state index in [2.05, 4.69) is 10.1 Å². The number of rotatable bonds is 4. The van der Waals surface area contributed by atoms with E-state index in [1.807, 2.05) is 13.8 Å². The molecule has 0 atom stereocenters. The largest absolute Gasteiger partial charge is 0.317 e. The maximum absolute atomic E-state index is 12.6. The van der Waals surface area contributed by atoms with Gasteiger partial charge in [-0.15, -0.1) is 0 Å². The van der Waals surface area contributed by atoms with Crippen LogP contribution in [-0.2, 0) is 4.79 Å². The first-order chi connectivity index (χ1) is 14.3. The van der Waals surface area contributed by atoms with E-state index in [0.29, 0.717) is 16.5 Å². The second-order valence-corrected chi connectivity index (χ2v) is 8.20. The molecule has 3 heterocycles. The van der Waals surface area contributed by atoms with Crippen molar-refractivity contribution in [2.45, 2.75) is 13.8 Å². The first-order valence-corrected chi connectivity index (χ1v) is 10.1. The fraction of sp³-hybridized carbons (Fsp3) is 0.158. The molecule has 2 aliphatic heterocycles. The summed E-state index contributed by atoms with van der Waals surface area (Å²) in [5, 5.41) is 26.6.